The number of aromatic nitrogens is 4. The minimum absolute atomic E-state index is 0.176. The number of rotatable bonds is 4. The molecule has 0 amide bonds. The van der Waals surface area contributed by atoms with Crippen molar-refractivity contribution in [3.63, 3.8) is 0 Å². The molecule has 0 aliphatic carbocycles. The van der Waals surface area contributed by atoms with Crippen LogP contribution in [0.5, 0.6) is 0 Å². The molecule has 44 heavy (non-hydrogen) atoms. The van der Waals surface area contributed by atoms with Crippen LogP contribution in [0.2, 0.25) is 0 Å². The van der Waals surface area contributed by atoms with Crippen LogP contribution in [0.15, 0.2) is 101 Å². The molecule has 218 valence electrons. The molecular weight excluding hydrogens is 554 g/mol. The molecule has 1 N–H and O–H groups in total. The number of hydrogen-bond acceptors (Lipinski definition) is 10. The lowest BCUT2D eigenvalue weighted by molar-refractivity contribution is -0.135. The van der Waals surface area contributed by atoms with Gasteiger partial charge in [0.25, 0.3) is 0 Å². The monoisotopic (exact) mass is 583 g/mol. The number of nitrogens with zero attached hydrogens (tertiary/aromatic N) is 9. The molecule has 5 heterocycles. The van der Waals surface area contributed by atoms with Crippen LogP contribution < -0.4 is 14.9 Å². The predicted molar refractivity (Wildman–Crippen MR) is 173 cm³/mol. The van der Waals surface area contributed by atoms with Crippen LogP contribution in [0, 0.1) is 0 Å². The molecule has 5 aromatic rings. The van der Waals surface area contributed by atoms with Crippen molar-refractivity contribution in [1.82, 2.24) is 19.9 Å². The normalized spacial score (nSPS) is 12.4. The number of hydrogen-bond donors (Lipinski definition) is 1. The summed E-state index contributed by atoms with van der Waals surface area (Å²) in [6.45, 7) is -0.176. The highest BCUT2D eigenvalue weighted by Gasteiger charge is 2.14. The van der Waals surface area contributed by atoms with E-state index in [-0.39, 0.29) is 6.54 Å². The zero-order valence-corrected chi connectivity index (χ0v) is 24.4. The van der Waals surface area contributed by atoms with Crippen LogP contribution in [0.3, 0.4) is 0 Å². The molecule has 0 saturated heterocycles. The van der Waals surface area contributed by atoms with Crippen molar-refractivity contribution in [3.8, 4) is 33.9 Å². The van der Waals surface area contributed by atoms with Crippen LogP contribution in [-0.4, -0.2) is 71.1 Å². The summed E-state index contributed by atoms with van der Waals surface area (Å²) in [7, 11) is 5.31. The molecule has 1 aliphatic rings. The fraction of sp³-hybridized carbons (Fsp3) is 0.121. The molecule has 0 atom stereocenters. The van der Waals surface area contributed by atoms with E-state index in [1.807, 2.05) is 66.7 Å². The standard InChI is InChI=1S/C33H29N9O2/c1-40(21-33(43)44)26-17-24-19-34-41(2)31-13-7-11-27(38-31)29-15-23(22-9-5-4-6-10-22)16-30(37-29)28-12-8-14-32(39-28)42(3)35-20-25(18-26)36-24/h4-20H,21H2,1-3H3,(H,43,44). The van der Waals surface area contributed by atoms with Crippen molar-refractivity contribution < 1.29 is 9.90 Å². The number of carboxylic acid groups (broad SMARTS) is 1. The van der Waals surface area contributed by atoms with Crippen LogP contribution in [0.1, 0.15) is 11.4 Å². The molecule has 0 saturated carbocycles. The van der Waals surface area contributed by atoms with E-state index < -0.39 is 5.97 Å². The topological polar surface area (TPSA) is 123 Å². The molecule has 11 nitrogen and oxygen atoms in total. The predicted octanol–water partition coefficient (Wildman–Crippen LogP) is 5.04. The van der Waals surface area contributed by atoms with E-state index in [9.17, 15) is 9.90 Å². The van der Waals surface area contributed by atoms with Crippen molar-refractivity contribution >= 4 is 35.7 Å². The second-order valence-electron chi connectivity index (χ2n) is 10.2. The first-order valence-electron chi connectivity index (χ1n) is 13.9. The molecule has 0 fully saturated rings. The third-order valence-electron chi connectivity index (χ3n) is 6.98. The Balaban J connectivity index is 1.52. The van der Waals surface area contributed by atoms with Gasteiger partial charge in [-0.3, -0.25) is 14.8 Å². The van der Waals surface area contributed by atoms with Gasteiger partial charge in [-0.05, 0) is 59.7 Å². The first kappa shape index (κ1) is 28.2. The molecule has 4 aromatic heterocycles. The van der Waals surface area contributed by atoms with Crippen molar-refractivity contribution in [2.45, 2.75) is 0 Å². The Kier molecular flexibility index (Phi) is 7.75. The minimum atomic E-state index is -0.942. The Bertz CT molecular complexity index is 1790. The lowest BCUT2D eigenvalue weighted by atomic mass is 10.0. The van der Waals surface area contributed by atoms with Gasteiger partial charge >= 0.3 is 5.97 Å². The van der Waals surface area contributed by atoms with E-state index in [0.717, 1.165) is 11.1 Å². The number of likely N-dealkylation sites (N-methyl/N-ethyl adjacent to an activating group) is 1. The maximum absolute atomic E-state index is 11.4. The van der Waals surface area contributed by atoms with E-state index in [0.29, 0.717) is 51.5 Å². The average Bonchev–Trinajstić information content (AvgIpc) is 3.05. The summed E-state index contributed by atoms with van der Waals surface area (Å²) < 4.78 is 0. The van der Waals surface area contributed by atoms with Crippen molar-refractivity contribution in [3.05, 3.63) is 102 Å². The number of aliphatic carboxylic acids is 1. The zero-order chi connectivity index (χ0) is 30.6. The fourth-order valence-corrected chi connectivity index (χ4v) is 4.70. The first-order valence-corrected chi connectivity index (χ1v) is 13.9. The summed E-state index contributed by atoms with van der Waals surface area (Å²) in [5.41, 5.74) is 6.50. The van der Waals surface area contributed by atoms with E-state index >= 15 is 0 Å². The van der Waals surface area contributed by atoms with Crippen LogP contribution in [0.25, 0.3) is 33.9 Å². The Morgan fingerprint density at radius 3 is 1.73 bits per heavy atom. The number of fused-ring (bicyclic) bond motifs is 10. The lowest BCUT2D eigenvalue weighted by Crippen LogP contribution is -2.25. The molecule has 1 aliphatic heterocycles. The summed E-state index contributed by atoms with van der Waals surface area (Å²) in [6, 6.07) is 29.1. The van der Waals surface area contributed by atoms with E-state index in [1.165, 1.54) is 0 Å². The number of carboxylic acids is 1. The number of pyridine rings is 4. The quantitative estimate of drug-likeness (QED) is 0.310. The number of hydrazone groups is 2. The highest BCUT2D eigenvalue weighted by atomic mass is 16.4. The fourth-order valence-electron chi connectivity index (χ4n) is 4.70. The van der Waals surface area contributed by atoms with Gasteiger partial charge in [-0.15, -0.1) is 0 Å². The van der Waals surface area contributed by atoms with Crippen LogP contribution in [-0.2, 0) is 4.79 Å². The SMILES string of the molecule is CN(CC(=O)O)c1cc2nc(c1)C=NN(C)c1cccc(n1)-c1cc(-c3ccccc3)cc(n1)-c1cccc(n1)N(C)N=C2. The number of anilines is 3. The molecule has 0 radical (unpaired) electrons. The van der Waals surface area contributed by atoms with Gasteiger partial charge in [0.2, 0.25) is 0 Å². The smallest absolute Gasteiger partial charge is 0.323 e. The zero-order valence-electron chi connectivity index (χ0n) is 24.4. The third-order valence-corrected chi connectivity index (χ3v) is 6.98. The second-order valence-corrected chi connectivity index (χ2v) is 10.2. The average molecular weight is 584 g/mol. The Hall–Kier alpha value is -5.97. The van der Waals surface area contributed by atoms with Gasteiger partial charge in [-0.1, -0.05) is 42.5 Å². The van der Waals surface area contributed by atoms with Crippen molar-refractivity contribution in [2.24, 2.45) is 10.2 Å². The first-order chi connectivity index (χ1) is 21.3. The van der Waals surface area contributed by atoms with Crippen LogP contribution >= 0.6 is 0 Å². The Labute approximate surface area is 254 Å². The highest BCUT2D eigenvalue weighted by molar-refractivity contribution is 5.86. The molecule has 6 rings (SSSR count). The summed E-state index contributed by atoms with van der Waals surface area (Å²) in [6.07, 6.45) is 3.21. The molecule has 11 heteroatoms. The van der Waals surface area contributed by atoms with Gasteiger partial charge in [0, 0.05) is 26.8 Å². The summed E-state index contributed by atoms with van der Waals surface area (Å²) in [5, 5.41) is 21.8. The maximum atomic E-state index is 11.4. The number of carbonyl (C=O) groups is 1. The molecule has 0 unspecified atom stereocenters. The largest absolute Gasteiger partial charge is 0.480 e. The second kappa shape index (κ2) is 12.1. The van der Waals surface area contributed by atoms with Crippen molar-refractivity contribution in [2.75, 3.05) is 42.6 Å². The third kappa shape index (κ3) is 6.26. The summed E-state index contributed by atoms with van der Waals surface area (Å²) in [5.74, 6) is 0.273. The van der Waals surface area contributed by atoms with Gasteiger partial charge in [-0.2, -0.15) is 10.2 Å². The van der Waals surface area contributed by atoms with Crippen molar-refractivity contribution in [1.29, 1.82) is 0 Å². The lowest BCUT2D eigenvalue weighted by Gasteiger charge is -2.18. The summed E-state index contributed by atoms with van der Waals surface area (Å²) >= 11 is 0. The van der Waals surface area contributed by atoms with Gasteiger partial charge in [-0.25, -0.2) is 19.9 Å². The molecule has 1 aromatic carbocycles. The maximum Gasteiger partial charge on any atom is 0.323 e. The minimum Gasteiger partial charge on any atom is -0.480 e. The van der Waals surface area contributed by atoms with E-state index in [2.05, 4.69) is 27.3 Å². The Morgan fingerprint density at radius 2 is 1.20 bits per heavy atom. The molecule has 8 bridgehead atoms. The highest BCUT2D eigenvalue weighted by Crippen LogP contribution is 2.30. The molecular formula is C33H29N9O2. The number of benzene rings is 1. The summed E-state index contributed by atoms with van der Waals surface area (Å²) in [4.78, 5) is 32.4. The Morgan fingerprint density at radius 1 is 0.659 bits per heavy atom. The van der Waals surface area contributed by atoms with E-state index in [1.54, 1.807) is 60.6 Å². The van der Waals surface area contributed by atoms with Gasteiger partial charge in [0.1, 0.15) is 18.2 Å². The van der Waals surface area contributed by atoms with Gasteiger partial charge < -0.3 is 10.0 Å². The van der Waals surface area contributed by atoms with Crippen LogP contribution in [0.4, 0.5) is 17.3 Å². The van der Waals surface area contributed by atoms with Gasteiger partial charge in [0.15, 0.2) is 0 Å². The van der Waals surface area contributed by atoms with Gasteiger partial charge in [0.05, 0.1) is 46.6 Å². The molecule has 0 spiro atoms. The van der Waals surface area contributed by atoms with E-state index in [4.69, 9.17) is 15.0 Å².